The number of ether oxygens (including phenoxy) is 3. The Labute approximate surface area is 188 Å². The molecule has 0 aliphatic carbocycles. The van der Waals surface area contributed by atoms with Crippen LogP contribution in [0, 0.1) is 5.92 Å². The summed E-state index contributed by atoms with van der Waals surface area (Å²) in [5.74, 6) is 0.823. The number of carbonyl (C=O) groups excluding carboxylic acids is 2. The number of esters is 1. The van der Waals surface area contributed by atoms with E-state index in [4.69, 9.17) is 18.7 Å². The first-order chi connectivity index (χ1) is 15.2. The van der Waals surface area contributed by atoms with Gasteiger partial charge in [-0.1, -0.05) is 17.3 Å². The Hall–Kier alpha value is -2.94. The van der Waals surface area contributed by atoms with E-state index >= 15 is 0 Å². The van der Waals surface area contributed by atoms with Crippen molar-refractivity contribution in [1.82, 2.24) is 15.0 Å². The molecule has 2 aromatic rings. The molecule has 0 bridgehead atoms. The molecule has 1 aliphatic heterocycles. The molecule has 0 radical (unpaired) electrons. The molecule has 1 aliphatic rings. The van der Waals surface area contributed by atoms with Gasteiger partial charge in [0.1, 0.15) is 12.2 Å². The van der Waals surface area contributed by atoms with Crippen molar-refractivity contribution in [2.45, 2.75) is 52.2 Å². The average molecular weight is 446 g/mol. The molecule has 9 nitrogen and oxygen atoms in total. The van der Waals surface area contributed by atoms with Gasteiger partial charge in [-0.15, -0.1) is 0 Å². The molecule has 0 N–H and O–H groups in total. The predicted octanol–water partition coefficient (Wildman–Crippen LogP) is 3.61. The summed E-state index contributed by atoms with van der Waals surface area (Å²) in [6.45, 7) is 7.65. The lowest BCUT2D eigenvalue weighted by Crippen LogP contribution is -2.43. The second-order valence-corrected chi connectivity index (χ2v) is 8.92. The van der Waals surface area contributed by atoms with Crippen molar-refractivity contribution in [3.8, 4) is 0 Å². The monoisotopic (exact) mass is 445 g/mol. The quantitative estimate of drug-likeness (QED) is 0.596. The van der Waals surface area contributed by atoms with E-state index in [1.807, 2.05) is 32.9 Å². The summed E-state index contributed by atoms with van der Waals surface area (Å²) < 4.78 is 21.2. The largest absolute Gasteiger partial charge is 0.465 e. The Morgan fingerprint density at radius 1 is 1.22 bits per heavy atom. The molecule has 1 amide bonds. The number of hydrogen-bond donors (Lipinski definition) is 0. The molecule has 1 saturated heterocycles. The number of carbonyl (C=O) groups is 2. The number of piperidine rings is 1. The van der Waals surface area contributed by atoms with Crippen molar-refractivity contribution < 1.29 is 28.3 Å². The van der Waals surface area contributed by atoms with E-state index < -0.39 is 5.60 Å². The third kappa shape index (κ3) is 7.05. The number of amides is 1. The Kier molecular flexibility index (Phi) is 7.84. The summed E-state index contributed by atoms with van der Waals surface area (Å²) in [7, 11) is 1.35. The fourth-order valence-corrected chi connectivity index (χ4v) is 3.49. The van der Waals surface area contributed by atoms with Crippen molar-refractivity contribution in [1.29, 1.82) is 0 Å². The maximum absolute atomic E-state index is 12.3. The van der Waals surface area contributed by atoms with E-state index in [0.717, 1.165) is 18.4 Å². The van der Waals surface area contributed by atoms with Crippen molar-refractivity contribution >= 4 is 12.1 Å². The molecule has 9 heteroatoms. The van der Waals surface area contributed by atoms with Crippen LogP contribution in [0.25, 0.3) is 0 Å². The van der Waals surface area contributed by atoms with Crippen LogP contribution in [0.5, 0.6) is 0 Å². The molecule has 0 unspecified atom stereocenters. The fraction of sp³-hybridized carbons (Fsp3) is 0.565. The van der Waals surface area contributed by atoms with Crippen LogP contribution in [-0.2, 0) is 27.2 Å². The predicted molar refractivity (Wildman–Crippen MR) is 115 cm³/mol. The summed E-state index contributed by atoms with van der Waals surface area (Å²) in [4.78, 5) is 29.9. The van der Waals surface area contributed by atoms with Crippen LogP contribution in [-0.4, -0.2) is 59.5 Å². The van der Waals surface area contributed by atoms with Gasteiger partial charge in [0.15, 0.2) is 5.82 Å². The van der Waals surface area contributed by atoms with Gasteiger partial charge < -0.3 is 23.6 Å². The highest BCUT2D eigenvalue weighted by Crippen LogP contribution is 2.20. The van der Waals surface area contributed by atoms with Crippen molar-refractivity contribution in [2.75, 3.05) is 26.8 Å². The second kappa shape index (κ2) is 10.6. The summed E-state index contributed by atoms with van der Waals surface area (Å²) in [6, 6.07) is 7.07. The van der Waals surface area contributed by atoms with E-state index in [9.17, 15) is 9.59 Å². The zero-order valence-electron chi connectivity index (χ0n) is 19.1. The first-order valence-electron chi connectivity index (χ1n) is 10.8. The number of aromatic nitrogens is 2. The van der Waals surface area contributed by atoms with Gasteiger partial charge in [0, 0.05) is 25.4 Å². The molecule has 1 aromatic carbocycles. The van der Waals surface area contributed by atoms with E-state index in [0.29, 0.717) is 43.4 Å². The van der Waals surface area contributed by atoms with Crippen LogP contribution < -0.4 is 0 Å². The lowest BCUT2D eigenvalue weighted by atomic mass is 9.99. The van der Waals surface area contributed by atoms with Gasteiger partial charge in [0.2, 0.25) is 0 Å². The van der Waals surface area contributed by atoms with E-state index in [1.165, 1.54) is 7.11 Å². The molecule has 0 saturated carbocycles. The van der Waals surface area contributed by atoms with Crippen LogP contribution in [0.4, 0.5) is 4.79 Å². The van der Waals surface area contributed by atoms with Crippen LogP contribution in [0.3, 0.4) is 0 Å². The van der Waals surface area contributed by atoms with E-state index in [1.54, 1.807) is 17.0 Å². The molecular formula is C23H31N3O6. The normalized spacial score (nSPS) is 16.6. The molecule has 1 atom stereocenters. The van der Waals surface area contributed by atoms with Crippen LogP contribution in [0.2, 0.25) is 0 Å². The van der Waals surface area contributed by atoms with Gasteiger partial charge in [-0.25, -0.2) is 9.59 Å². The molecule has 3 rings (SSSR count). The smallest absolute Gasteiger partial charge is 0.410 e. The van der Waals surface area contributed by atoms with Gasteiger partial charge in [0.25, 0.3) is 5.89 Å². The summed E-state index contributed by atoms with van der Waals surface area (Å²) in [5.41, 5.74) is 0.946. The van der Waals surface area contributed by atoms with E-state index in [-0.39, 0.29) is 24.6 Å². The first kappa shape index (κ1) is 23.7. The van der Waals surface area contributed by atoms with Crippen LogP contribution in [0.15, 0.2) is 28.8 Å². The molecule has 1 fully saturated rings. The zero-order valence-corrected chi connectivity index (χ0v) is 19.1. The Morgan fingerprint density at radius 3 is 2.66 bits per heavy atom. The van der Waals surface area contributed by atoms with E-state index in [2.05, 4.69) is 10.1 Å². The second-order valence-electron chi connectivity index (χ2n) is 8.92. The number of hydrogen-bond acceptors (Lipinski definition) is 8. The number of rotatable bonds is 7. The third-order valence-corrected chi connectivity index (χ3v) is 5.00. The number of benzene rings is 1. The fourth-order valence-electron chi connectivity index (χ4n) is 3.49. The Morgan fingerprint density at radius 2 is 1.97 bits per heavy atom. The SMILES string of the molecule is COC(=O)c1ccc(Cc2noc(COC[C@H]3CCCN(C(=O)OC(C)(C)C)C3)n2)cc1. The maximum atomic E-state index is 12.3. The average Bonchev–Trinajstić information content (AvgIpc) is 3.20. The lowest BCUT2D eigenvalue weighted by Gasteiger charge is -2.33. The minimum absolute atomic E-state index is 0.219. The van der Waals surface area contributed by atoms with Gasteiger partial charge in [-0.2, -0.15) is 4.98 Å². The summed E-state index contributed by atoms with van der Waals surface area (Å²) >= 11 is 0. The molecule has 174 valence electrons. The van der Waals surface area contributed by atoms with Crippen molar-refractivity contribution in [3.05, 3.63) is 47.1 Å². The number of methoxy groups -OCH3 is 1. The van der Waals surface area contributed by atoms with Crippen LogP contribution >= 0.6 is 0 Å². The topological polar surface area (TPSA) is 104 Å². The minimum atomic E-state index is -0.500. The highest BCUT2D eigenvalue weighted by Gasteiger charge is 2.27. The standard InChI is InChI=1S/C23H31N3O6/c1-23(2,3)31-22(28)26-11-5-6-17(13-26)14-30-15-20-24-19(25-32-20)12-16-7-9-18(10-8-16)21(27)29-4/h7-10,17H,5-6,11-15H2,1-4H3/t17-/m0/s1. The first-order valence-corrected chi connectivity index (χ1v) is 10.8. The van der Waals surface area contributed by atoms with Gasteiger partial charge in [-0.05, 0) is 51.3 Å². The minimum Gasteiger partial charge on any atom is -0.465 e. The highest BCUT2D eigenvalue weighted by atomic mass is 16.6. The van der Waals surface area contributed by atoms with Gasteiger partial charge in [0.05, 0.1) is 19.3 Å². The van der Waals surface area contributed by atoms with Crippen molar-refractivity contribution in [3.63, 3.8) is 0 Å². The van der Waals surface area contributed by atoms with Gasteiger partial charge >= 0.3 is 12.1 Å². The zero-order chi connectivity index (χ0) is 23.1. The summed E-state index contributed by atoms with van der Waals surface area (Å²) in [6.07, 6.45) is 2.13. The van der Waals surface area contributed by atoms with Gasteiger partial charge in [-0.3, -0.25) is 0 Å². The Bertz CT molecular complexity index is 903. The number of nitrogens with zero attached hydrogens (tertiary/aromatic N) is 3. The number of likely N-dealkylation sites (tertiary alicyclic amines) is 1. The maximum Gasteiger partial charge on any atom is 0.410 e. The molecule has 2 heterocycles. The third-order valence-electron chi connectivity index (χ3n) is 5.00. The molecule has 32 heavy (non-hydrogen) atoms. The van der Waals surface area contributed by atoms with Crippen molar-refractivity contribution in [2.24, 2.45) is 5.92 Å². The van der Waals surface area contributed by atoms with Crippen LogP contribution in [0.1, 0.15) is 61.2 Å². The molecule has 1 aromatic heterocycles. The summed E-state index contributed by atoms with van der Waals surface area (Å²) in [5, 5.41) is 3.99. The highest BCUT2D eigenvalue weighted by molar-refractivity contribution is 5.89. The molecule has 0 spiro atoms. The lowest BCUT2D eigenvalue weighted by molar-refractivity contribution is 0.00374. The Balaban J connectivity index is 1.43. The molecular weight excluding hydrogens is 414 g/mol.